The number of fused-ring (bicyclic) bond motifs is 5. The summed E-state index contributed by atoms with van der Waals surface area (Å²) < 4.78 is 0.126. The van der Waals surface area contributed by atoms with Crippen LogP contribution in [0.3, 0.4) is 0 Å². The van der Waals surface area contributed by atoms with Gasteiger partial charge in [-0.25, -0.2) is 0 Å². The zero-order valence-electron chi connectivity index (χ0n) is 12.7. The Kier molecular flexibility index (Phi) is 3.50. The van der Waals surface area contributed by atoms with Crippen molar-refractivity contribution in [2.75, 3.05) is 0 Å². The van der Waals surface area contributed by atoms with E-state index in [1.165, 1.54) is 12.3 Å². The van der Waals surface area contributed by atoms with E-state index in [-0.39, 0.29) is 45.5 Å². The lowest BCUT2D eigenvalue weighted by molar-refractivity contribution is -0.386. The van der Waals surface area contributed by atoms with Crippen LogP contribution in [0.15, 0.2) is 33.9 Å². The minimum absolute atomic E-state index is 0.0931. The van der Waals surface area contributed by atoms with Crippen molar-refractivity contribution >= 4 is 39.6 Å². The van der Waals surface area contributed by atoms with Crippen LogP contribution in [0.2, 0.25) is 0 Å². The average Bonchev–Trinajstić information content (AvgIpc) is 3.23. The molecule has 0 radical (unpaired) electrons. The van der Waals surface area contributed by atoms with E-state index in [2.05, 4.69) is 21.0 Å². The Morgan fingerprint density at radius 3 is 2.40 bits per heavy atom. The van der Waals surface area contributed by atoms with Crippen molar-refractivity contribution in [2.24, 2.45) is 28.8 Å². The third-order valence-corrected chi connectivity index (χ3v) is 5.64. The molecule has 1 N–H and O–H groups in total. The van der Waals surface area contributed by atoms with Gasteiger partial charge in [0, 0.05) is 11.6 Å². The molecule has 2 fully saturated rings. The number of rotatable bonds is 3. The highest BCUT2D eigenvalue weighted by molar-refractivity contribution is 9.10. The molecule has 1 aromatic rings. The zero-order valence-corrected chi connectivity index (χ0v) is 14.3. The van der Waals surface area contributed by atoms with Gasteiger partial charge in [-0.3, -0.25) is 19.7 Å². The van der Waals surface area contributed by atoms with E-state index < -0.39 is 16.4 Å². The highest BCUT2D eigenvalue weighted by Gasteiger charge is 2.59. The molecule has 8 nitrogen and oxygen atoms in total. The molecule has 2 amide bonds. The van der Waals surface area contributed by atoms with Crippen LogP contribution >= 0.6 is 15.9 Å². The van der Waals surface area contributed by atoms with Gasteiger partial charge in [0.25, 0.3) is 11.8 Å². The van der Waals surface area contributed by atoms with Crippen molar-refractivity contribution < 1.29 is 19.6 Å². The van der Waals surface area contributed by atoms with E-state index in [4.69, 9.17) is 0 Å². The third kappa shape index (κ3) is 2.30. The number of carbonyl (C=O) groups excluding carboxylic acids is 2. The summed E-state index contributed by atoms with van der Waals surface area (Å²) in [7, 11) is 0. The number of hydrazone groups is 1. The summed E-state index contributed by atoms with van der Waals surface area (Å²) in [6.07, 6.45) is 6.03. The van der Waals surface area contributed by atoms with Crippen LogP contribution in [0.4, 0.5) is 5.69 Å². The van der Waals surface area contributed by atoms with Gasteiger partial charge in [0.15, 0.2) is 0 Å². The minimum atomic E-state index is -0.725. The monoisotopic (exact) mass is 405 g/mol. The number of nitrogens with zero attached hydrogens (tertiary/aromatic N) is 3. The maximum Gasteiger partial charge on any atom is 0.312 e. The number of nitro groups is 1. The number of aromatic hydroxyl groups is 1. The summed E-state index contributed by atoms with van der Waals surface area (Å²) in [6.45, 7) is 0. The Morgan fingerprint density at radius 1 is 1.24 bits per heavy atom. The summed E-state index contributed by atoms with van der Waals surface area (Å²) in [5, 5.41) is 25.5. The Labute approximate surface area is 150 Å². The number of carbonyl (C=O) groups is 2. The number of halogens is 1. The summed E-state index contributed by atoms with van der Waals surface area (Å²) in [6, 6.07) is 2.55. The Hall–Kier alpha value is -2.55. The maximum atomic E-state index is 12.5. The van der Waals surface area contributed by atoms with Crippen LogP contribution < -0.4 is 0 Å². The average molecular weight is 406 g/mol. The molecule has 1 aromatic carbocycles. The molecule has 4 unspecified atom stereocenters. The second kappa shape index (κ2) is 5.48. The number of phenolic OH excluding ortho intramolecular Hbond substituents is 1. The molecule has 1 saturated heterocycles. The first-order chi connectivity index (χ1) is 11.9. The van der Waals surface area contributed by atoms with Gasteiger partial charge in [-0.1, -0.05) is 12.2 Å². The highest BCUT2D eigenvalue weighted by atomic mass is 79.9. The van der Waals surface area contributed by atoms with Crippen molar-refractivity contribution in [3.63, 3.8) is 0 Å². The Bertz CT molecular complexity index is 851. The maximum absolute atomic E-state index is 12.5. The fourth-order valence-electron chi connectivity index (χ4n) is 3.94. The van der Waals surface area contributed by atoms with Gasteiger partial charge in [-0.15, -0.1) is 0 Å². The quantitative estimate of drug-likeness (QED) is 0.272. The molecule has 1 saturated carbocycles. The fourth-order valence-corrected chi connectivity index (χ4v) is 4.41. The predicted molar refractivity (Wildman–Crippen MR) is 89.6 cm³/mol. The van der Waals surface area contributed by atoms with Gasteiger partial charge in [0.1, 0.15) is 0 Å². The summed E-state index contributed by atoms with van der Waals surface area (Å²) in [5.41, 5.74) is -0.204. The van der Waals surface area contributed by atoms with Gasteiger partial charge < -0.3 is 5.11 Å². The van der Waals surface area contributed by atoms with Crippen LogP contribution in [0.5, 0.6) is 5.75 Å². The topological polar surface area (TPSA) is 113 Å². The molecule has 0 spiro atoms. The number of imide groups is 1. The van der Waals surface area contributed by atoms with Crippen molar-refractivity contribution in [3.8, 4) is 5.75 Å². The standard InChI is InChI=1S/C16H12BrN3O5/c17-10-3-7(4-11(14(10)21)20(24)25)6-18-19-15(22)12-8-1-2-9(5-8)13(12)16(19)23/h1-4,6,8-9,12-13,21H,5H2/b18-6+. The smallest absolute Gasteiger partial charge is 0.312 e. The number of hydrogen-bond donors (Lipinski definition) is 1. The highest BCUT2D eigenvalue weighted by Crippen LogP contribution is 2.52. The van der Waals surface area contributed by atoms with Crippen LogP contribution in [-0.4, -0.2) is 33.1 Å². The second-order valence-electron chi connectivity index (χ2n) is 6.36. The molecule has 25 heavy (non-hydrogen) atoms. The first-order valence-corrected chi connectivity index (χ1v) is 8.45. The number of amides is 2. The first kappa shape index (κ1) is 15.9. The molecule has 0 aromatic heterocycles. The van der Waals surface area contributed by atoms with E-state index in [1.807, 2.05) is 12.2 Å². The third-order valence-electron chi connectivity index (χ3n) is 5.03. The van der Waals surface area contributed by atoms with E-state index in [9.17, 15) is 24.8 Å². The molecule has 1 heterocycles. The van der Waals surface area contributed by atoms with Crippen molar-refractivity contribution in [1.29, 1.82) is 0 Å². The number of phenols is 1. The van der Waals surface area contributed by atoms with E-state index in [0.29, 0.717) is 0 Å². The number of hydrogen-bond acceptors (Lipinski definition) is 6. The minimum Gasteiger partial charge on any atom is -0.501 e. The molecule has 4 rings (SSSR count). The van der Waals surface area contributed by atoms with E-state index in [1.54, 1.807) is 0 Å². The first-order valence-electron chi connectivity index (χ1n) is 7.65. The lowest BCUT2D eigenvalue weighted by atomic mass is 9.85. The molecule has 9 heteroatoms. The molecular weight excluding hydrogens is 394 g/mol. The Balaban J connectivity index is 1.62. The molecule has 3 aliphatic rings. The molecular formula is C16H12BrN3O5. The molecule has 4 atom stereocenters. The van der Waals surface area contributed by atoms with Gasteiger partial charge in [0.2, 0.25) is 5.75 Å². The summed E-state index contributed by atoms with van der Waals surface area (Å²) in [4.78, 5) is 35.2. The summed E-state index contributed by atoms with van der Waals surface area (Å²) >= 11 is 3.03. The van der Waals surface area contributed by atoms with E-state index >= 15 is 0 Å². The van der Waals surface area contributed by atoms with Gasteiger partial charge >= 0.3 is 5.69 Å². The number of benzene rings is 1. The number of nitro benzene ring substituents is 1. The largest absolute Gasteiger partial charge is 0.501 e. The molecule has 2 aliphatic carbocycles. The van der Waals surface area contributed by atoms with Crippen molar-refractivity contribution in [1.82, 2.24) is 5.01 Å². The molecule has 2 bridgehead atoms. The number of allylic oxidation sites excluding steroid dienone is 2. The zero-order chi connectivity index (χ0) is 17.9. The SMILES string of the molecule is O=C1C2C3C=CC(C3)C2C(=O)N1/N=C/c1cc(Br)c(O)c([N+](=O)[O-])c1. The van der Waals surface area contributed by atoms with Crippen LogP contribution in [0.25, 0.3) is 0 Å². The predicted octanol–water partition coefficient (Wildman–Crippen LogP) is 2.20. The van der Waals surface area contributed by atoms with Crippen molar-refractivity contribution in [3.05, 3.63) is 44.4 Å². The molecule has 1 aliphatic heterocycles. The lowest BCUT2D eigenvalue weighted by Crippen LogP contribution is -2.28. The van der Waals surface area contributed by atoms with E-state index in [0.717, 1.165) is 17.5 Å². The summed E-state index contributed by atoms with van der Waals surface area (Å²) in [5.74, 6) is -1.65. The molecule has 128 valence electrons. The van der Waals surface area contributed by atoms with Crippen LogP contribution in [0.1, 0.15) is 12.0 Å². The van der Waals surface area contributed by atoms with Crippen LogP contribution in [0, 0.1) is 33.8 Å². The van der Waals surface area contributed by atoms with Gasteiger partial charge in [-0.05, 0) is 40.3 Å². The van der Waals surface area contributed by atoms with Crippen molar-refractivity contribution in [2.45, 2.75) is 6.42 Å². The second-order valence-corrected chi connectivity index (χ2v) is 7.21. The normalized spacial score (nSPS) is 29.9. The fraction of sp³-hybridized carbons (Fsp3) is 0.312. The van der Waals surface area contributed by atoms with Gasteiger partial charge in [-0.2, -0.15) is 10.1 Å². The van der Waals surface area contributed by atoms with Gasteiger partial charge in [0.05, 0.1) is 27.4 Å². The van der Waals surface area contributed by atoms with Crippen LogP contribution in [-0.2, 0) is 9.59 Å². The Morgan fingerprint density at radius 2 is 1.84 bits per heavy atom. The lowest BCUT2D eigenvalue weighted by Gasteiger charge is -2.13.